The van der Waals surface area contributed by atoms with Gasteiger partial charge in [0.1, 0.15) is 5.75 Å². The van der Waals surface area contributed by atoms with Crippen LogP contribution in [-0.4, -0.2) is 43.5 Å². The first-order valence-electron chi connectivity index (χ1n) is 9.80. The molecule has 0 amide bonds. The highest BCUT2D eigenvalue weighted by molar-refractivity contribution is 5.60. The third kappa shape index (κ3) is 3.85. The fourth-order valence-corrected chi connectivity index (χ4v) is 4.58. The molecule has 4 heteroatoms. The molecule has 3 heterocycles. The van der Waals surface area contributed by atoms with Crippen molar-refractivity contribution in [1.82, 2.24) is 4.90 Å². The number of ether oxygens (including phenoxy) is 2. The van der Waals surface area contributed by atoms with E-state index in [0.717, 1.165) is 31.1 Å². The summed E-state index contributed by atoms with van der Waals surface area (Å²) in [5.41, 5.74) is 2.53. The van der Waals surface area contributed by atoms with Gasteiger partial charge in [-0.25, -0.2) is 0 Å². The molecule has 3 atom stereocenters. The maximum absolute atomic E-state index is 5.93. The molecule has 136 valence electrons. The van der Waals surface area contributed by atoms with Crippen molar-refractivity contribution in [1.29, 1.82) is 0 Å². The lowest BCUT2D eigenvalue weighted by molar-refractivity contribution is 0.00672. The Morgan fingerprint density at radius 3 is 3.08 bits per heavy atom. The van der Waals surface area contributed by atoms with E-state index in [4.69, 9.17) is 9.47 Å². The van der Waals surface area contributed by atoms with Crippen molar-refractivity contribution in [2.75, 3.05) is 31.7 Å². The first-order valence-corrected chi connectivity index (χ1v) is 9.80. The maximum atomic E-state index is 5.93. The third-order valence-corrected chi connectivity index (χ3v) is 5.95. The topological polar surface area (TPSA) is 33.7 Å². The minimum Gasteiger partial charge on any atom is -0.471 e. The SMILES string of the molecule is C=CCN1CC(c2ccc3c(c2)OCN3)CC1CCC1CCCCO1. The van der Waals surface area contributed by atoms with Crippen LogP contribution in [0.1, 0.15) is 50.0 Å². The van der Waals surface area contributed by atoms with Crippen LogP contribution in [0.2, 0.25) is 0 Å². The Morgan fingerprint density at radius 1 is 1.28 bits per heavy atom. The largest absolute Gasteiger partial charge is 0.471 e. The van der Waals surface area contributed by atoms with E-state index in [0.29, 0.717) is 24.8 Å². The fraction of sp³-hybridized carbons (Fsp3) is 0.619. The average Bonchev–Trinajstić information content (AvgIpc) is 3.27. The third-order valence-electron chi connectivity index (χ3n) is 5.95. The van der Waals surface area contributed by atoms with E-state index in [9.17, 15) is 0 Å². The molecule has 1 aromatic carbocycles. The van der Waals surface area contributed by atoms with Crippen LogP contribution < -0.4 is 10.1 Å². The summed E-state index contributed by atoms with van der Waals surface area (Å²) in [5.74, 6) is 1.60. The normalized spacial score (nSPS) is 29.0. The summed E-state index contributed by atoms with van der Waals surface area (Å²) >= 11 is 0. The van der Waals surface area contributed by atoms with E-state index in [1.165, 1.54) is 44.1 Å². The molecule has 25 heavy (non-hydrogen) atoms. The van der Waals surface area contributed by atoms with Gasteiger partial charge in [-0.1, -0.05) is 12.1 Å². The van der Waals surface area contributed by atoms with Gasteiger partial charge < -0.3 is 14.8 Å². The number of rotatable bonds is 6. The molecule has 4 rings (SSSR count). The van der Waals surface area contributed by atoms with Crippen molar-refractivity contribution >= 4 is 5.69 Å². The summed E-state index contributed by atoms with van der Waals surface area (Å²) in [4.78, 5) is 2.60. The highest BCUT2D eigenvalue weighted by atomic mass is 16.5. The Hall–Kier alpha value is -1.52. The van der Waals surface area contributed by atoms with Crippen LogP contribution in [0.3, 0.4) is 0 Å². The number of benzene rings is 1. The minimum absolute atomic E-state index is 0.484. The molecule has 0 saturated carbocycles. The van der Waals surface area contributed by atoms with Crippen molar-refractivity contribution in [3.05, 3.63) is 36.4 Å². The summed E-state index contributed by atoms with van der Waals surface area (Å²) in [5, 5.41) is 3.25. The molecule has 2 saturated heterocycles. The number of likely N-dealkylation sites (tertiary alicyclic amines) is 1. The van der Waals surface area contributed by atoms with Crippen LogP contribution in [0.25, 0.3) is 0 Å². The first-order chi connectivity index (χ1) is 12.3. The number of hydrogen-bond acceptors (Lipinski definition) is 4. The van der Waals surface area contributed by atoms with Crippen LogP contribution >= 0.6 is 0 Å². The molecule has 0 aromatic heterocycles. The number of hydrogen-bond donors (Lipinski definition) is 1. The lowest BCUT2D eigenvalue weighted by Crippen LogP contribution is -2.31. The summed E-state index contributed by atoms with van der Waals surface area (Å²) in [7, 11) is 0. The molecule has 0 aliphatic carbocycles. The molecule has 0 radical (unpaired) electrons. The predicted molar refractivity (Wildman–Crippen MR) is 101 cm³/mol. The Bertz CT molecular complexity index is 598. The van der Waals surface area contributed by atoms with E-state index in [-0.39, 0.29) is 0 Å². The zero-order chi connectivity index (χ0) is 17.1. The lowest BCUT2D eigenvalue weighted by atomic mass is 9.93. The standard InChI is InChI=1S/C21H30N2O2/c1-2-10-23-14-17(16-6-9-20-21(13-16)25-15-22-20)12-18(23)7-8-19-5-3-4-11-24-19/h2,6,9,13,17-19,22H,1,3-5,7-8,10-12,14-15H2. The summed E-state index contributed by atoms with van der Waals surface area (Å²) < 4.78 is 11.6. The maximum Gasteiger partial charge on any atom is 0.159 e. The van der Waals surface area contributed by atoms with Crippen molar-refractivity contribution in [3.63, 3.8) is 0 Å². The van der Waals surface area contributed by atoms with E-state index < -0.39 is 0 Å². The second-order valence-corrected chi connectivity index (χ2v) is 7.62. The molecule has 3 aliphatic rings. The number of nitrogens with zero attached hydrogens (tertiary/aromatic N) is 1. The van der Waals surface area contributed by atoms with Gasteiger partial charge >= 0.3 is 0 Å². The van der Waals surface area contributed by atoms with Crippen LogP contribution in [0.4, 0.5) is 5.69 Å². The molecular formula is C21H30N2O2. The van der Waals surface area contributed by atoms with Gasteiger partial charge in [0.15, 0.2) is 6.73 Å². The Kier molecular flexibility index (Phi) is 5.28. The number of nitrogens with one attached hydrogen (secondary N) is 1. The van der Waals surface area contributed by atoms with Gasteiger partial charge in [0.2, 0.25) is 0 Å². The van der Waals surface area contributed by atoms with Crippen molar-refractivity contribution < 1.29 is 9.47 Å². The monoisotopic (exact) mass is 342 g/mol. The molecular weight excluding hydrogens is 312 g/mol. The Morgan fingerprint density at radius 2 is 2.24 bits per heavy atom. The van der Waals surface area contributed by atoms with Crippen LogP contribution in [0.5, 0.6) is 5.75 Å². The van der Waals surface area contributed by atoms with Crippen LogP contribution in [0.15, 0.2) is 30.9 Å². The molecule has 0 bridgehead atoms. The van der Waals surface area contributed by atoms with Gasteiger partial charge in [-0.2, -0.15) is 0 Å². The second-order valence-electron chi connectivity index (χ2n) is 7.62. The Balaban J connectivity index is 1.40. The van der Waals surface area contributed by atoms with Gasteiger partial charge in [0.05, 0.1) is 11.8 Å². The van der Waals surface area contributed by atoms with Crippen LogP contribution in [0, 0.1) is 0 Å². The summed E-state index contributed by atoms with van der Waals surface area (Å²) in [6, 6.07) is 7.31. The van der Waals surface area contributed by atoms with E-state index in [1.807, 2.05) is 6.08 Å². The first kappa shape index (κ1) is 16.9. The van der Waals surface area contributed by atoms with Gasteiger partial charge in [0.25, 0.3) is 0 Å². The van der Waals surface area contributed by atoms with Crippen LogP contribution in [-0.2, 0) is 4.74 Å². The van der Waals surface area contributed by atoms with Gasteiger partial charge in [-0.05, 0) is 62.1 Å². The van der Waals surface area contributed by atoms with Gasteiger partial charge in [-0.3, -0.25) is 4.90 Å². The zero-order valence-electron chi connectivity index (χ0n) is 15.1. The van der Waals surface area contributed by atoms with Gasteiger partial charge in [-0.15, -0.1) is 6.58 Å². The molecule has 1 N–H and O–H groups in total. The molecule has 4 nitrogen and oxygen atoms in total. The molecule has 0 spiro atoms. The minimum atomic E-state index is 0.484. The molecule has 1 aromatic rings. The predicted octanol–water partition coefficient (Wildman–Crippen LogP) is 4.14. The van der Waals surface area contributed by atoms with E-state index >= 15 is 0 Å². The second kappa shape index (κ2) is 7.79. The number of fused-ring (bicyclic) bond motifs is 1. The summed E-state index contributed by atoms with van der Waals surface area (Å²) in [6.45, 7) is 7.61. The van der Waals surface area contributed by atoms with Crippen molar-refractivity contribution in [2.24, 2.45) is 0 Å². The van der Waals surface area contributed by atoms with E-state index in [1.54, 1.807) is 0 Å². The van der Waals surface area contributed by atoms with Gasteiger partial charge in [0, 0.05) is 25.7 Å². The fourth-order valence-electron chi connectivity index (χ4n) is 4.58. The summed E-state index contributed by atoms with van der Waals surface area (Å²) in [6.07, 6.45) is 10.00. The lowest BCUT2D eigenvalue weighted by Gasteiger charge is -2.27. The molecule has 3 aliphatic heterocycles. The Labute approximate surface area is 151 Å². The van der Waals surface area contributed by atoms with Crippen molar-refractivity contribution in [2.45, 2.75) is 56.6 Å². The average molecular weight is 342 g/mol. The quantitative estimate of drug-likeness (QED) is 0.788. The molecule has 2 fully saturated rings. The number of anilines is 1. The van der Waals surface area contributed by atoms with Crippen molar-refractivity contribution in [3.8, 4) is 5.75 Å². The highest BCUT2D eigenvalue weighted by Crippen LogP contribution is 2.38. The molecule has 3 unspecified atom stereocenters. The highest BCUT2D eigenvalue weighted by Gasteiger charge is 2.33. The smallest absolute Gasteiger partial charge is 0.159 e. The van der Waals surface area contributed by atoms with E-state index in [2.05, 4.69) is 35.0 Å². The zero-order valence-corrected chi connectivity index (χ0v) is 15.1.